The zero-order valence-corrected chi connectivity index (χ0v) is 11.9. The van der Waals surface area contributed by atoms with Crippen LogP contribution in [0.15, 0.2) is 12.3 Å². The third-order valence-electron chi connectivity index (χ3n) is 3.01. The van der Waals surface area contributed by atoms with E-state index in [0.717, 1.165) is 12.3 Å². The van der Waals surface area contributed by atoms with Crippen LogP contribution in [0.4, 0.5) is 13.2 Å². The number of hydrogen-bond donors (Lipinski definition) is 1. The van der Waals surface area contributed by atoms with Gasteiger partial charge in [0.05, 0.1) is 16.6 Å². The van der Waals surface area contributed by atoms with Crippen LogP contribution in [0.5, 0.6) is 0 Å². The second kappa shape index (κ2) is 6.17. The molecule has 2 aromatic rings. The lowest BCUT2D eigenvalue weighted by Gasteiger charge is -2.12. The molecule has 0 aromatic carbocycles. The fourth-order valence-corrected chi connectivity index (χ4v) is 2.20. The molecule has 2 aromatic heterocycles. The molecule has 116 valence electrons. The van der Waals surface area contributed by atoms with Gasteiger partial charge >= 0.3 is 6.18 Å². The van der Waals surface area contributed by atoms with Crippen molar-refractivity contribution in [3.63, 3.8) is 0 Å². The first-order chi connectivity index (χ1) is 9.84. The Kier molecular flexibility index (Phi) is 4.70. The molecule has 2 heterocycles. The van der Waals surface area contributed by atoms with Gasteiger partial charge in [-0.1, -0.05) is 11.6 Å². The lowest BCUT2D eigenvalue weighted by molar-refractivity contribution is -0.137. The average Bonchev–Trinajstić information content (AvgIpc) is 2.82. The van der Waals surface area contributed by atoms with Crippen molar-refractivity contribution in [1.29, 1.82) is 0 Å². The number of hydrogen-bond acceptors (Lipinski definition) is 4. The van der Waals surface area contributed by atoms with Gasteiger partial charge in [-0.2, -0.15) is 13.2 Å². The summed E-state index contributed by atoms with van der Waals surface area (Å²) in [7, 11) is 1.56. The van der Waals surface area contributed by atoms with E-state index in [2.05, 4.69) is 10.2 Å². The fourth-order valence-electron chi connectivity index (χ4n) is 1.96. The van der Waals surface area contributed by atoms with Gasteiger partial charge < -0.3 is 10.5 Å². The van der Waals surface area contributed by atoms with E-state index in [1.165, 1.54) is 4.40 Å². The summed E-state index contributed by atoms with van der Waals surface area (Å²) in [6, 6.07) is 0.279. The zero-order chi connectivity index (χ0) is 15.6. The summed E-state index contributed by atoms with van der Waals surface area (Å²) in [6.45, 7) is 0.513. The Morgan fingerprint density at radius 2 is 2.14 bits per heavy atom. The Morgan fingerprint density at radius 1 is 1.43 bits per heavy atom. The topological polar surface area (TPSA) is 65.4 Å². The molecule has 2 rings (SSSR count). The number of alkyl halides is 3. The standard InChI is InChI=1S/C12H14ClF3N4O/c1-21-4-2-3-9(17)11-19-18-10-8(13)5-7(6-20(10)11)12(14,15)16/h5-6,9H,2-4,17H2,1H3. The van der Waals surface area contributed by atoms with Crippen molar-refractivity contribution in [2.75, 3.05) is 13.7 Å². The van der Waals surface area contributed by atoms with Crippen molar-refractivity contribution in [2.45, 2.75) is 25.1 Å². The largest absolute Gasteiger partial charge is 0.417 e. The molecule has 9 heteroatoms. The summed E-state index contributed by atoms with van der Waals surface area (Å²) >= 11 is 5.83. The minimum atomic E-state index is -4.50. The van der Waals surface area contributed by atoms with Crippen LogP contribution in [0.3, 0.4) is 0 Å². The highest BCUT2D eigenvalue weighted by molar-refractivity contribution is 6.33. The van der Waals surface area contributed by atoms with Crippen LogP contribution in [-0.2, 0) is 10.9 Å². The molecule has 0 amide bonds. The molecule has 0 aliphatic heterocycles. The van der Waals surface area contributed by atoms with Gasteiger partial charge in [0, 0.05) is 19.9 Å². The van der Waals surface area contributed by atoms with E-state index < -0.39 is 17.8 Å². The van der Waals surface area contributed by atoms with Crippen LogP contribution in [-0.4, -0.2) is 28.3 Å². The number of nitrogens with two attached hydrogens (primary N) is 1. The first kappa shape index (κ1) is 16.0. The molecule has 0 saturated heterocycles. The molecule has 0 aliphatic carbocycles. The van der Waals surface area contributed by atoms with E-state index in [4.69, 9.17) is 22.1 Å². The highest BCUT2D eigenvalue weighted by Crippen LogP contribution is 2.32. The molecule has 0 bridgehead atoms. The highest BCUT2D eigenvalue weighted by Gasteiger charge is 2.32. The van der Waals surface area contributed by atoms with E-state index in [-0.39, 0.29) is 16.5 Å². The Bertz CT molecular complexity index is 629. The SMILES string of the molecule is COCCCC(N)c1nnc2c(Cl)cc(C(F)(F)F)cn12. The maximum Gasteiger partial charge on any atom is 0.417 e. The first-order valence-corrected chi connectivity index (χ1v) is 6.58. The molecule has 2 N–H and O–H groups in total. The van der Waals surface area contributed by atoms with Crippen LogP contribution < -0.4 is 5.73 Å². The number of halogens is 4. The smallest absolute Gasteiger partial charge is 0.385 e. The van der Waals surface area contributed by atoms with Crippen molar-refractivity contribution >= 4 is 17.2 Å². The van der Waals surface area contributed by atoms with Crippen molar-refractivity contribution in [1.82, 2.24) is 14.6 Å². The lowest BCUT2D eigenvalue weighted by Crippen LogP contribution is -2.16. The number of ether oxygens (including phenoxy) is 1. The Morgan fingerprint density at radius 3 is 2.76 bits per heavy atom. The molecule has 1 atom stereocenters. The quantitative estimate of drug-likeness (QED) is 0.860. The molecule has 0 radical (unpaired) electrons. The number of nitrogens with zero attached hydrogens (tertiary/aromatic N) is 3. The molecular weight excluding hydrogens is 309 g/mol. The Hall–Kier alpha value is -1.38. The summed E-state index contributed by atoms with van der Waals surface area (Å²) in [5.41, 5.74) is 5.24. The maximum atomic E-state index is 12.8. The van der Waals surface area contributed by atoms with E-state index in [9.17, 15) is 13.2 Å². The van der Waals surface area contributed by atoms with Gasteiger partial charge in [-0.05, 0) is 18.9 Å². The second-order valence-corrected chi connectivity index (χ2v) is 4.98. The number of methoxy groups -OCH3 is 1. The molecule has 0 saturated carbocycles. The predicted octanol–water partition coefficient (Wildman–Crippen LogP) is 2.83. The van der Waals surface area contributed by atoms with Gasteiger partial charge in [0.1, 0.15) is 0 Å². The molecule has 21 heavy (non-hydrogen) atoms. The molecule has 1 unspecified atom stereocenters. The number of fused-ring (bicyclic) bond motifs is 1. The third kappa shape index (κ3) is 3.45. The fraction of sp³-hybridized carbons (Fsp3) is 0.500. The minimum Gasteiger partial charge on any atom is -0.385 e. The number of aromatic nitrogens is 3. The van der Waals surface area contributed by atoms with Crippen molar-refractivity contribution in [3.05, 3.63) is 28.7 Å². The summed E-state index contributed by atoms with van der Waals surface area (Å²) in [5.74, 6) is 0.245. The number of rotatable bonds is 5. The molecule has 0 aliphatic rings. The third-order valence-corrected chi connectivity index (χ3v) is 3.29. The van der Waals surface area contributed by atoms with Gasteiger partial charge in [-0.3, -0.25) is 4.40 Å². The van der Waals surface area contributed by atoms with E-state index >= 15 is 0 Å². The number of pyridine rings is 1. The highest BCUT2D eigenvalue weighted by atomic mass is 35.5. The lowest BCUT2D eigenvalue weighted by atomic mass is 10.1. The van der Waals surface area contributed by atoms with Gasteiger partial charge in [0.25, 0.3) is 0 Å². The summed E-state index contributed by atoms with van der Waals surface area (Å²) in [4.78, 5) is 0. The minimum absolute atomic E-state index is 0.118. The Balaban J connectivity index is 2.39. The first-order valence-electron chi connectivity index (χ1n) is 6.20. The van der Waals surface area contributed by atoms with Crippen LogP contribution >= 0.6 is 11.6 Å². The van der Waals surface area contributed by atoms with Crippen LogP contribution in [0, 0.1) is 0 Å². The molecule has 5 nitrogen and oxygen atoms in total. The molecule has 0 spiro atoms. The molecule has 0 fully saturated rings. The van der Waals surface area contributed by atoms with Crippen molar-refractivity contribution < 1.29 is 17.9 Å². The Labute approximate surface area is 123 Å². The summed E-state index contributed by atoms with van der Waals surface area (Å²) < 4.78 is 44.6. The van der Waals surface area contributed by atoms with Gasteiger partial charge in [0.2, 0.25) is 0 Å². The van der Waals surface area contributed by atoms with Crippen LogP contribution in [0.1, 0.15) is 30.3 Å². The van der Waals surface area contributed by atoms with Crippen LogP contribution in [0.2, 0.25) is 5.02 Å². The predicted molar refractivity (Wildman–Crippen MR) is 71.0 cm³/mol. The maximum absolute atomic E-state index is 12.8. The van der Waals surface area contributed by atoms with Gasteiger partial charge in [-0.25, -0.2) is 0 Å². The second-order valence-electron chi connectivity index (χ2n) is 4.57. The van der Waals surface area contributed by atoms with Crippen molar-refractivity contribution in [3.8, 4) is 0 Å². The monoisotopic (exact) mass is 322 g/mol. The summed E-state index contributed by atoms with van der Waals surface area (Å²) in [5, 5.41) is 7.53. The van der Waals surface area contributed by atoms with E-state index in [1.807, 2.05) is 0 Å². The normalized spacial score (nSPS) is 13.8. The van der Waals surface area contributed by atoms with E-state index in [0.29, 0.717) is 19.4 Å². The van der Waals surface area contributed by atoms with Gasteiger partial charge in [-0.15, -0.1) is 10.2 Å². The van der Waals surface area contributed by atoms with Crippen molar-refractivity contribution in [2.24, 2.45) is 5.73 Å². The molecular formula is C12H14ClF3N4O. The average molecular weight is 323 g/mol. The summed E-state index contributed by atoms with van der Waals surface area (Å²) in [6.07, 6.45) is -2.41. The van der Waals surface area contributed by atoms with E-state index in [1.54, 1.807) is 7.11 Å². The zero-order valence-electron chi connectivity index (χ0n) is 11.2. The van der Waals surface area contributed by atoms with Gasteiger partial charge in [0.15, 0.2) is 11.5 Å². The van der Waals surface area contributed by atoms with Crippen LogP contribution in [0.25, 0.3) is 5.65 Å².